The van der Waals surface area contributed by atoms with Crippen LogP contribution >= 0.6 is 23.2 Å². The molecule has 1 heterocycles. The van der Waals surface area contributed by atoms with E-state index in [0.717, 1.165) is 6.42 Å². The molecule has 5 heteroatoms. The predicted octanol–water partition coefficient (Wildman–Crippen LogP) is 3.98. The smallest absolute Gasteiger partial charge is 0.341 e. The van der Waals surface area contributed by atoms with Gasteiger partial charge >= 0.3 is 5.97 Å². The van der Waals surface area contributed by atoms with E-state index < -0.39 is 5.97 Å². The summed E-state index contributed by atoms with van der Waals surface area (Å²) in [7, 11) is 0. The summed E-state index contributed by atoms with van der Waals surface area (Å²) in [5, 5.41) is 0.320. The van der Waals surface area contributed by atoms with Crippen LogP contribution in [0.25, 0.3) is 0 Å². The molecule has 1 rings (SSSR count). The van der Waals surface area contributed by atoms with Crippen molar-refractivity contribution in [2.45, 2.75) is 33.3 Å². The first-order chi connectivity index (χ1) is 7.90. The molecule has 0 aliphatic rings. The van der Waals surface area contributed by atoms with E-state index in [1.54, 1.807) is 0 Å². The van der Waals surface area contributed by atoms with E-state index in [2.05, 4.69) is 18.8 Å². The van der Waals surface area contributed by atoms with Gasteiger partial charge in [0.2, 0.25) is 0 Å². The number of aromatic nitrogens is 1. The molecule has 1 unspecified atom stereocenters. The van der Waals surface area contributed by atoms with Crippen molar-refractivity contribution in [2.75, 3.05) is 0 Å². The highest BCUT2D eigenvalue weighted by molar-refractivity contribution is 6.34. The number of rotatable bonds is 4. The number of carbonyl (C=O) groups is 1. The molecule has 0 saturated heterocycles. The molecule has 0 radical (unpaired) electrons. The number of hydrogen-bond acceptors (Lipinski definition) is 3. The van der Waals surface area contributed by atoms with Crippen LogP contribution in [-0.4, -0.2) is 17.1 Å². The van der Waals surface area contributed by atoms with Gasteiger partial charge in [0.1, 0.15) is 10.3 Å². The molecule has 0 aliphatic carbocycles. The van der Waals surface area contributed by atoms with Gasteiger partial charge in [0.15, 0.2) is 0 Å². The fourth-order valence-corrected chi connectivity index (χ4v) is 1.94. The second-order valence-corrected chi connectivity index (χ2v) is 5.06. The van der Waals surface area contributed by atoms with Crippen molar-refractivity contribution in [3.05, 3.63) is 28.0 Å². The molecule has 1 aromatic heterocycles. The van der Waals surface area contributed by atoms with Crippen molar-refractivity contribution in [3.63, 3.8) is 0 Å². The summed E-state index contributed by atoms with van der Waals surface area (Å²) in [6.07, 6.45) is 0.666. The largest absolute Gasteiger partial charge is 0.459 e. The number of esters is 1. The Balaban J connectivity index is 2.70. The third-order valence-electron chi connectivity index (χ3n) is 2.15. The fraction of sp³-hybridized carbons (Fsp3) is 0.500. The van der Waals surface area contributed by atoms with Crippen molar-refractivity contribution in [1.82, 2.24) is 4.98 Å². The van der Waals surface area contributed by atoms with Crippen molar-refractivity contribution >= 4 is 29.2 Å². The monoisotopic (exact) mass is 275 g/mol. The average molecular weight is 276 g/mol. The van der Waals surface area contributed by atoms with Gasteiger partial charge in [-0.05, 0) is 31.4 Å². The molecule has 0 amide bonds. The van der Waals surface area contributed by atoms with E-state index >= 15 is 0 Å². The third kappa shape index (κ3) is 4.52. The average Bonchev–Trinajstić information content (AvgIpc) is 2.15. The molecule has 0 bridgehead atoms. The van der Waals surface area contributed by atoms with E-state index in [1.165, 1.54) is 12.1 Å². The topological polar surface area (TPSA) is 39.2 Å². The first-order valence-electron chi connectivity index (χ1n) is 5.43. The second kappa shape index (κ2) is 6.22. The van der Waals surface area contributed by atoms with Crippen molar-refractivity contribution < 1.29 is 9.53 Å². The Morgan fingerprint density at radius 1 is 1.35 bits per heavy atom. The van der Waals surface area contributed by atoms with Crippen LogP contribution in [-0.2, 0) is 4.74 Å². The minimum Gasteiger partial charge on any atom is -0.459 e. The molecule has 1 aromatic rings. The highest BCUT2D eigenvalue weighted by Gasteiger charge is 2.17. The van der Waals surface area contributed by atoms with Gasteiger partial charge in [-0.1, -0.05) is 37.0 Å². The molecule has 0 aliphatic heterocycles. The molecule has 0 N–H and O–H groups in total. The second-order valence-electron chi connectivity index (χ2n) is 4.32. The molecule has 94 valence electrons. The van der Waals surface area contributed by atoms with Gasteiger partial charge in [-0.3, -0.25) is 0 Å². The van der Waals surface area contributed by atoms with Gasteiger partial charge < -0.3 is 4.74 Å². The number of nitrogens with zero attached hydrogens (tertiary/aromatic N) is 1. The van der Waals surface area contributed by atoms with E-state index in [-0.39, 0.29) is 22.0 Å². The Kier molecular flexibility index (Phi) is 5.22. The lowest BCUT2D eigenvalue weighted by atomic mass is 10.1. The first-order valence-corrected chi connectivity index (χ1v) is 6.18. The number of halogens is 2. The lowest BCUT2D eigenvalue weighted by Gasteiger charge is -2.15. The van der Waals surface area contributed by atoms with Gasteiger partial charge in [-0.25, -0.2) is 9.78 Å². The summed E-state index contributed by atoms with van der Waals surface area (Å²) in [5.41, 5.74) is 0.242. The Labute approximate surface area is 111 Å². The van der Waals surface area contributed by atoms with Crippen LogP contribution in [0.4, 0.5) is 0 Å². The van der Waals surface area contributed by atoms with Gasteiger partial charge in [-0.15, -0.1) is 0 Å². The molecule has 1 atom stereocenters. The van der Waals surface area contributed by atoms with Gasteiger partial charge in [0.05, 0.1) is 11.7 Å². The zero-order valence-corrected chi connectivity index (χ0v) is 11.5. The Morgan fingerprint density at radius 3 is 2.53 bits per heavy atom. The maximum Gasteiger partial charge on any atom is 0.341 e. The highest BCUT2D eigenvalue weighted by Crippen LogP contribution is 2.19. The number of carbonyl (C=O) groups excluding carboxylic acids is 1. The SMILES string of the molecule is CC(C)CC(C)OC(=O)c1ccc(Cl)nc1Cl. The van der Waals surface area contributed by atoms with Crippen molar-refractivity contribution in [1.29, 1.82) is 0 Å². The van der Waals surface area contributed by atoms with E-state index in [4.69, 9.17) is 27.9 Å². The normalized spacial score (nSPS) is 12.6. The summed E-state index contributed by atoms with van der Waals surface area (Å²) in [5.74, 6) is 0.00364. The zero-order valence-electron chi connectivity index (χ0n) is 10.0. The minimum atomic E-state index is -0.465. The first kappa shape index (κ1) is 14.3. The highest BCUT2D eigenvalue weighted by atomic mass is 35.5. The molecular weight excluding hydrogens is 261 g/mol. The predicted molar refractivity (Wildman–Crippen MR) is 68.6 cm³/mol. The molecule has 3 nitrogen and oxygen atoms in total. The number of hydrogen-bond donors (Lipinski definition) is 0. The van der Waals surface area contributed by atoms with Crippen LogP contribution in [0.2, 0.25) is 10.3 Å². The standard InChI is InChI=1S/C12H15Cl2NO2/c1-7(2)6-8(3)17-12(16)9-4-5-10(13)15-11(9)14/h4-5,7-8H,6H2,1-3H3. The van der Waals surface area contributed by atoms with Crippen LogP contribution < -0.4 is 0 Å². The van der Waals surface area contributed by atoms with Crippen molar-refractivity contribution in [3.8, 4) is 0 Å². The Hall–Kier alpha value is -0.800. The van der Waals surface area contributed by atoms with Crippen LogP contribution in [0.15, 0.2) is 12.1 Å². The summed E-state index contributed by atoms with van der Waals surface area (Å²) >= 11 is 11.5. The molecular formula is C12H15Cl2NO2. The van der Waals surface area contributed by atoms with Gasteiger partial charge in [0.25, 0.3) is 0 Å². The van der Waals surface area contributed by atoms with Gasteiger partial charge in [-0.2, -0.15) is 0 Å². The number of pyridine rings is 1. The lowest BCUT2D eigenvalue weighted by Crippen LogP contribution is -2.17. The van der Waals surface area contributed by atoms with E-state index in [0.29, 0.717) is 5.92 Å². The van der Waals surface area contributed by atoms with Gasteiger partial charge in [0, 0.05) is 0 Å². The maximum absolute atomic E-state index is 11.8. The molecule has 0 fully saturated rings. The Morgan fingerprint density at radius 2 is 2.00 bits per heavy atom. The summed E-state index contributed by atoms with van der Waals surface area (Å²) in [6.45, 7) is 6.00. The van der Waals surface area contributed by atoms with Crippen LogP contribution in [0.5, 0.6) is 0 Å². The van der Waals surface area contributed by atoms with Crippen molar-refractivity contribution in [2.24, 2.45) is 5.92 Å². The van der Waals surface area contributed by atoms with E-state index in [9.17, 15) is 4.79 Å². The fourth-order valence-electron chi connectivity index (χ4n) is 1.52. The van der Waals surface area contributed by atoms with Crippen LogP contribution in [0.3, 0.4) is 0 Å². The summed E-state index contributed by atoms with van der Waals surface area (Å²) in [6, 6.07) is 3.03. The molecule has 0 aromatic carbocycles. The molecule has 17 heavy (non-hydrogen) atoms. The van der Waals surface area contributed by atoms with Crippen LogP contribution in [0, 0.1) is 5.92 Å². The summed E-state index contributed by atoms with van der Waals surface area (Å²) in [4.78, 5) is 15.6. The number of ether oxygens (including phenoxy) is 1. The zero-order chi connectivity index (χ0) is 13.0. The maximum atomic E-state index is 11.8. The Bertz CT molecular complexity index is 407. The lowest BCUT2D eigenvalue weighted by molar-refractivity contribution is 0.0299. The van der Waals surface area contributed by atoms with Crippen LogP contribution in [0.1, 0.15) is 37.6 Å². The minimum absolute atomic E-state index is 0.0687. The quantitative estimate of drug-likeness (QED) is 0.616. The third-order valence-corrected chi connectivity index (χ3v) is 2.64. The van der Waals surface area contributed by atoms with E-state index in [1.807, 2.05) is 6.92 Å². The summed E-state index contributed by atoms with van der Waals surface area (Å²) < 4.78 is 5.26. The molecule has 0 saturated carbocycles. The molecule has 0 spiro atoms.